The summed E-state index contributed by atoms with van der Waals surface area (Å²) in [5.74, 6) is 0.247. The lowest BCUT2D eigenvalue weighted by atomic mass is 10.2. The number of aromatic nitrogens is 2. The quantitative estimate of drug-likeness (QED) is 0.769. The molecule has 1 aromatic carbocycles. The van der Waals surface area contributed by atoms with E-state index >= 15 is 0 Å². The number of hydrogen-bond acceptors (Lipinski definition) is 2. The zero-order valence-corrected chi connectivity index (χ0v) is 8.50. The fourth-order valence-electron chi connectivity index (χ4n) is 1.27. The summed E-state index contributed by atoms with van der Waals surface area (Å²) in [6.45, 7) is 0. The van der Waals surface area contributed by atoms with Crippen molar-refractivity contribution >= 4 is 26.8 Å². The van der Waals surface area contributed by atoms with Crippen LogP contribution in [0.15, 0.2) is 22.7 Å². The second kappa shape index (κ2) is 3.03. The first-order valence-electron chi connectivity index (χ1n) is 5.18. The van der Waals surface area contributed by atoms with Crippen LogP contribution in [-0.4, -0.2) is 16.8 Å². The number of halogens is 1. The molecule has 0 amide bonds. The zero-order chi connectivity index (χ0) is 11.9. The molecule has 0 unspecified atom stereocenters. The maximum absolute atomic E-state index is 7.09. The van der Waals surface area contributed by atoms with Crippen LogP contribution in [-0.2, 0) is 7.05 Å². The molecule has 1 aromatic heterocycles. The number of ether oxygens (including phenoxy) is 1. The Hall–Kier alpha value is -1.03. The number of methoxy groups -OCH3 is 1. The van der Waals surface area contributed by atoms with E-state index in [4.69, 9.17) is 8.85 Å². The Morgan fingerprint density at radius 1 is 1.62 bits per heavy atom. The van der Waals surface area contributed by atoms with Gasteiger partial charge in [-0.2, -0.15) is 5.10 Å². The van der Waals surface area contributed by atoms with Crippen LogP contribution in [0.4, 0.5) is 0 Å². The molecule has 0 aliphatic rings. The van der Waals surface area contributed by atoms with E-state index in [-0.39, 0.29) is 5.88 Å². The number of rotatable bonds is 1. The summed E-state index contributed by atoms with van der Waals surface area (Å²) in [6, 6.07) is 5.42. The van der Waals surface area contributed by atoms with Gasteiger partial charge in [0.2, 0.25) is 5.88 Å². The van der Waals surface area contributed by atoms with Crippen molar-refractivity contribution in [1.82, 2.24) is 9.78 Å². The highest BCUT2D eigenvalue weighted by Crippen LogP contribution is 2.27. The molecule has 0 aliphatic carbocycles. The number of fused-ring (bicyclic) bond motifs is 1. The smallest absolute Gasteiger partial charge is 0.219 e. The van der Waals surface area contributed by atoms with E-state index in [0.29, 0.717) is 10.9 Å². The van der Waals surface area contributed by atoms with Crippen molar-refractivity contribution in [3.8, 4) is 5.88 Å². The van der Waals surface area contributed by atoms with Crippen LogP contribution >= 0.6 is 15.9 Å². The van der Waals surface area contributed by atoms with E-state index in [1.54, 1.807) is 19.2 Å². The first-order valence-corrected chi connectivity index (χ1v) is 4.47. The van der Waals surface area contributed by atoms with E-state index in [2.05, 4.69) is 21.0 Å². The van der Waals surface area contributed by atoms with Crippen molar-refractivity contribution in [2.45, 2.75) is 0 Å². The normalized spacial score (nSPS) is 15.1. The molecule has 0 atom stereocenters. The predicted molar refractivity (Wildman–Crippen MR) is 55.0 cm³/mol. The second-order valence-corrected chi connectivity index (χ2v) is 3.61. The van der Waals surface area contributed by atoms with Crippen LogP contribution in [0.3, 0.4) is 0 Å². The largest absolute Gasteiger partial charge is 0.481 e. The van der Waals surface area contributed by atoms with Gasteiger partial charge in [0.15, 0.2) is 0 Å². The molecule has 0 fully saturated rings. The van der Waals surface area contributed by atoms with Gasteiger partial charge in [0.05, 0.1) is 22.1 Å². The van der Waals surface area contributed by atoms with Crippen molar-refractivity contribution in [2.75, 3.05) is 7.04 Å². The summed E-state index contributed by atoms with van der Waals surface area (Å²) in [6.07, 6.45) is 0. The number of aryl methyl sites for hydroxylation is 1. The molecule has 13 heavy (non-hydrogen) atoms. The molecular weight excluding hydrogens is 232 g/mol. The van der Waals surface area contributed by atoms with Crippen molar-refractivity contribution < 1.29 is 8.85 Å². The first kappa shape index (κ1) is 5.65. The molecule has 0 saturated carbocycles. The molecule has 2 rings (SSSR count). The fraction of sp³-hybridized carbons (Fsp3) is 0.222. The fourth-order valence-corrected chi connectivity index (χ4v) is 1.63. The van der Waals surface area contributed by atoms with Crippen LogP contribution in [0.2, 0.25) is 0 Å². The second-order valence-electron chi connectivity index (χ2n) is 2.69. The molecule has 4 heteroatoms. The molecule has 68 valence electrons. The average molecular weight is 244 g/mol. The lowest BCUT2D eigenvalue weighted by molar-refractivity contribution is 0.377. The molecule has 2 aromatic rings. The maximum Gasteiger partial charge on any atom is 0.219 e. The van der Waals surface area contributed by atoms with Crippen LogP contribution in [0.5, 0.6) is 5.88 Å². The number of benzene rings is 1. The van der Waals surface area contributed by atoms with Gasteiger partial charge in [-0.15, -0.1) is 0 Å². The Morgan fingerprint density at radius 2 is 2.46 bits per heavy atom. The van der Waals surface area contributed by atoms with Gasteiger partial charge in [-0.05, 0) is 18.2 Å². The maximum atomic E-state index is 7.09. The molecule has 3 nitrogen and oxygen atoms in total. The molecule has 0 radical (unpaired) electrons. The monoisotopic (exact) mass is 243 g/mol. The summed E-state index contributed by atoms with van der Waals surface area (Å²) >= 11 is 3.32. The van der Waals surface area contributed by atoms with Gasteiger partial charge in [0, 0.05) is 11.5 Å². The SMILES string of the molecule is [2H]C([2H])([2H])Oc1c2cc(Br)ccc2nn1C. The van der Waals surface area contributed by atoms with Crippen LogP contribution in [0, 0.1) is 0 Å². The van der Waals surface area contributed by atoms with Crippen molar-refractivity contribution in [3.63, 3.8) is 0 Å². The molecule has 0 saturated heterocycles. The predicted octanol–water partition coefficient (Wildman–Crippen LogP) is 2.34. The zero-order valence-electron chi connectivity index (χ0n) is 9.91. The van der Waals surface area contributed by atoms with Gasteiger partial charge >= 0.3 is 0 Å². The summed E-state index contributed by atoms with van der Waals surface area (Å²) < 4.78 is 28.5. The van der Waals surface area contributed by atoms with Gasteiger partial charge in [-0.3, -0.25) is 0 Å². The Kier molecular flexibility index (Phi) is 1.32. The van der Waals surface area contributed by atoms with Crippen LogP contribution in [0.25, 0.3) is 10.9 Å². The van der Waals surface area contributed by atoms with Gasteiger partial charge in [0.1, 0.15) is 0 Å². The minimum atomic E-state index is -2.47. The van der Waals surface area contributed by atoms with E-state index in [9.17, 15) is 0 Å². The highest BCUT2D eigenvalue weighted by atomic mass is 79.9. The molecule has 0 aliphatic heterocycles. The van der Waals surface area contributed by atoms with Crippen molar-refractivity contribution in [3.05, 3.63) is 22.7 Å². The van der Waals surface area contributed by atoms with Gasteiger partial charge in [-0.25, -0.2) is 4.68 Å². The molecule has 0 spiro atoms. The molecule has 0 N–H and O–H groups in total. The lowest BCUT2D eigenvalue weighted by Gasteiger charge is -1.98. The Balaban J connectivity index is 2.58. The Morgan fingerprint density at radius 3 is 3.23 bits per heavy atom. The molecule has 0 bridgehead atoms. The lowest BCUT2D eigenvalue weighted by Crippen LogP contribution is -1.94. The highest BCUT2D eigenvalue weighted by Gasteiger charge is 2.08. The highest BCUT2D eigenvalue weighted by molar-refractivity contribution is 9.10. The van der Waals surface area contributed by atoms with Gasteiger partial charge in [-0.1, -0.05) is 15.9 Å². The van der Waals surface area contributed by atoms with Gasteiger partial charge in [0.25, 0.3) is 0 Å². The number of hydrogen-bond donors (Lipinski definition) is 0. The van der Waals surface area contributed by atoms with E-state index in [1.165, 1.54) is 4.68 Å². The van der Waals surface area contributed by atoms with Crippen LogP contribution < -0.4 is 4.74 Å². The summed E-state index contributed by atoms with van der Waals surface area (Å²) in [5, 5.41) is 4.83. The van der Waals surface area contributed by atoms with Crippen LogP contribution in [0.1, 0.15) is 4.11 Å². The molecule has 1 heterocycles. The first-order chi connectivity index (χ1) is 7.37. The van der Waals surface area contributed by atoms with Crippen molar-refractivity contribution in [2.24, 2.45) is 7.05 Å². The molecular formula is C9H9BrN2O. The van der Waals surface area contributed by atoms with Crippen molar-refractivity contribution in [1.29, 1.82) is 0 Å². The summed E-state index contributed by atoms with van der Waals surface area (Å²) in [5.41, 5.74) is 0.699. The Labute approximate surface area is 88.6 Å². The third-order valence-corrected chi connectivity index (χ3v) is 2.33. The van der Waals surface area contributed by atoms with E-state index in [1.807, 2.05) is 6.07 Å². The third kappa shape index (κ3) is 1.31. The third-order valence-electron chi connectivity index (χ3n) is 1.84. The standard InChI is InChI=1S/C9H9BrN2O/c1-12-9(13-2)7-5-6(10)3-4-8(7)11-12/h3-5H,1-2H3/i2D3. The topological polar surface area (TPSA) is 27.1 Å². The average Bonchev–Trinajstić information content (AvgIpc) is 2.42. The minimum Gasteiger partial charge on any atom is -0.481 e. The van der Waals surface area contributed by atoms with E-state index in [0.717, 1.165) is 4.47 Å². The summed E-state index contributed by atoms with van der Waals surface area (Å²) in [7, 11) is -0.821. The summed E-state index contributed by atoms with van der Waals surface area (Å²) in [4.78, 5) is 0. The van der Waals surface area contributed by atoms with Gasteiger partial charge < -0.3 is 4.74 Å². The Bertz CT molecular complexity index is 535. The number of nitrogens with zero attached hydrogens (tertiary/aromatic N) is 2. The van der Waals surface area contributed by atoms with E-state index < -0.39 is 7.04 Å². The minimum absolute atomic E-state index is 0.247.